The van der Waals surface area contributed by atoms with Crippen molar-refractivity contribution < 1.29 is 13.2 Å². The van der Waals surface area contributed by atoms with Gasteiger partial charge in [0.1, 0.15) is 6.54 Å². The number of hydrogen-bond acceptors (Lipinski definition) is 3. The van der Waals surface area contributed by atoms with E-state index in [0.717, 1.165) is 9.87 Å². The SMILES string of the molecule is C[C@@H](NC(=O)CN(c1ccc(Cl)cc1Cl)S(=O)(=O)c1ccccc1)c1ccccc1. The van der Waals surface area contributed by atoms with Gasteiger partial charge in [0.2, 0.25) is 5.91 Å². The van der Waals surface area contributed by atoms with Crippen LogP contribution in [0.4, 0.5) is 5.69 Å². The third-order valence-corrected chi connectivity index (χ3v) is 6.79. The van der Waals surface area contributed by atoms with E-state index in [2.05, 4.69) is 5.32 Å². The molecule has 0 aliphatic heterocycles. The highest BCUT2D eigenvalue weighted by Gasteiger charge is 2.29. The van der Waals surface area contributed by atoms with E-state index in [9.17, 15) is 13.2 Å². The maximum Gasteiger partial charge on any atom is 0.264 e. The van der Waals surface area contributed by atoms with Gasteiger partial charge in [-0.05, 0) is 42.8 Å². The maximum atomic E-state index is 13.3. The lowest BCUT2D eigenvalue weighted by Gasteiger charge is -2.26. The van der Waals surface area contributed by atoms with Crippen LogP contribution in [0.15, 0.2) is 83.8 Å². The summed E-state index contributed by atoms with van der Waals surface area (Å²) in [5.74, 6) is -0.461. The normalized spacial score (nSPS) is 12.2. The van der Waals surface area contributed by atoms with Crippen LogP contribution in [-0.4, -0.2) is 20.9 Å². The predicted octanol–water partition coefficient (Wildman–Crippen LogP) is 5.07. The van der Waals surface area contributed by atoms with Gasteiger partial charge in [-0.25, -0.2) is 8.42 Å². The van der Waals surface area contributed by atoms with Gasteiger partial charge in [0.25, 0.3) is 10.0 Å². The zero-order valence-corrected chi connectivity index (χ0v) is 18.5. The van der Waals surface area contributed by atoms with Gasteiger partial charge in [0.05, 0.1) is 21.6 Å². The lowest BCUT2D eigenvalue weighted by molar-refractivity contribution is -0.120. The van der Waals surface area contributed by atoms with Crippen LogP contribution in [0.3, 0.4) is 0 Å². The number of nitrogens with one attached hydrogen (secondary N) is 1. The molecule has 1 N–H and O–H groups in total. The summed E-state index contributed by atoms with van der Waals surface area (Å²) in [6, 6.07) is 21.5. The molecule has 1 amide bonds. The summed E-state index contributed by atoms with van der Waals surface area (Å²) in [5, 5.41) is 3.33. The minimum absolute atomic E-state index is 0.0555. The molecule has 156 valence electrons. The predicted molar refractivity (Wildman–Crippen MR) is 120 cm³/mol. The minimum Gasteiger partial charge on any atom is -0.348 e. The summed E-state index contributed by atoms with van der Waals surface area (Å²) in [5.41, 5.74) is 1.08. The molecule has 30 heavy (non-hydrogen) atoms. The fourth-order valence-corrected chi connectivity index (χ4v) is 4.97. The molecule has 1 atom stereocenters. The molecule has 5 nitrogen and oxygen atoms in total. The summed E-state index contributed by atoms with van der Waals surface area (Å²) in [6.45, 7) is 1.40. The number of rotatable bonds is 7. The van der Waals surface area contributed by atoms with Gasteiger partial charge in [-0.2, -0.15) is 0 Å². The molecule has 0 unspecified atom stereocenters. The third-order valence-electron chi connectivity index (χ3n) is 4.47. The standard InChI is InChI=1S/C22H20Cl2N2O3S/c1-16(17-8-4-2-5-9-17)25-22(27)15-26(21-13-12-18(23)14-20(21)24)30(28,29)19-10-6-3-7-11-19/h2-14,16H,15H2,1H3,(H,25,27)/t16-/m1/s1. The number of carbonyl (C=O) groups excluding carboxylic acids is 1. The van der Waals surface area contributed by atoms with E-state index in [-0.39, 0.29) is 21.6 Å². The monoisotopic (exact) mass is 462 g/mol. The van der Waals surface area contributed by atoms with E-state index in [4.69, 9.17) is 23.2 Å². The van der Waals surface area contributed by atoms with Crippen LogP contribution in [0, 0.1) is 0 Å². The Morgan fingerprint density at radius 1 is 0.967 bits per heavy atom. The average molecular weight is 463 g/mol. The Morgan fingerprint density at radius 3 is 2.17 bits per heavy atom. The van der Waals surface area contributed by atoms with Crippen molar-refractivity contribution in [2.75, 3.05) is 10.8 Å². The Hall–Kier alpha value is -2.54. The van der Waals surface area contributed by atoms with Crippen molar-refractivity contribution in [3.8, 4) is 0 Å². The van der Waals surface area contributed by atoms with Crippen molar-refractivity contribution in [2.24, 2.45) is 0 Å². The molecule has 0 radical (unpaired) electrons. The molecule has 0 aromatic heterocycles. The Kier molecular flexibility index (Phi) is 7.02. The van der Waals surface area contributed by atoms with Crippen molar-refractivity contribution in [3.63, 3.8) is 0 Å². The fraction of sp³-hybridized carbons (Fsp3) is 0.136. The second kappa shape index (κ2) is 9.51. The van der Waals surface area contributed by atoms with Gasteiger partial charge in [0.15, 0.2) is 0 Å². The molecule has 0 heterocycles. The highest BCUT2D eigenvalue weighted by molar-refractivity contribution is 7.92. The smallest absolute Gasteiger partial charge is 0.264 e. The largest absolute Gasteiger partial charge is 0.348 e. The summed E-state index contributed by atoms with van der Waals surface area (Å²) < 4.78 is 27.6. The molecule has 0 saturated heterocycles. The number of nitrogens with zero attached hydrogens (tertiary/aromatic N) is 1. The van der Waals surface area contributed by atoms with Gasteiger partial charge >= 0.3 is 0 Å². The summed E-state index contributed by atoms with van der Waals surface area (Å²) in [6.07, 6.45) is 0. The van der Waals surface area contributed by atoms with E-state index >= 15 is 0 Å². The number of benzene rings is 3. The summed E-state index contributed by atoms with van der Waals surface area (Å²) in [7, 11) is -4.04. The molecule has 3 rings (SSSR count). The molecule has 0 spiro atoms. The minimum atomic E-state index is -4.04. The first kappa shape index (κ1) is 22.2. The van der Waals surface area contributed by atoms with Gasteiger partial charge in [-0.3, -0.25) is 9.10 Å². The van der Waals surface area contributed by atoms with Crippen LogP contribution >= 0.6 is 23.2 Å². The van der Waals surface area contributed by atoms with Gasteiger partial charge < -0.3 is 5.32 Å². The highest BCUT2D eigenvalue weighted by Crippen LogP contribution is 2.32. The van der Waals surface area contributed by atoms with Crippen molar-refractivity contribution in [3.05, 3.63) is 94.5 Å². The Morgan fingerprint density at radius 2 is 1.57 bits per heavy atom. The molecule has 0 bridgehead atoms. The van der Waals surface area contributed by atoms with Crippen molar-refractivity contribution in [1.82, 2.24) is 5.32 Å². The van der Waals surface area contributed by atoms with Gasteiger partial charge in [0, 0.05) is 5.02 Å². The molecule has 8 heteroatoms. The van der Waals surface area contributed by atoms with Crippen molar-refractivity contribution in [2.45, 2.75) is 17.9 Å². The first-order chi connectivity index (χ1) is 14.3. The lowest BCUT2D eigenvalue weighted by Crippen LogP contribution is -2.41. The van der Waals surface area contributed by atoms with E-state index in [1.165, 1.54) is 30.3 Å². The Labute approximate surface area is 186 Å². The van der Waals surface area contributed by atoms with Crippen LogP contribution in [-0.2, 0) is 14.8 Å². The highest BCUT2D eigenvalue weighted by atomic mass is 35.5. The van der Waals surface area contributed by atoms with E-state index in [1.807, 2.05) is 37.3 Å². The quantitative estimate of drug-likeness (QED) is 0.532. The number of hydrogen-bond donors (Lipinski definition) is 1. The molecular formula is C22H20Cl2N2O3S. The van der Waals surface area contributed by atoms with Crippen molar-refractivity contribution in [1.29, 1.82) is 0 Å². The first-order valence-corrected chi connectivity index (χ1v) is 11.4. The Bertz CT molecular complexity index is 1120. The summed E-state index contributed by atoms with van der Waals surface area (Å²) in [4.78, 5) is 12.8. The Balaban J connectivity index is 1.93. The number of sulfonamides is 1. The van der Waals surface area contributed by atoms with Crippen LogP contribution in [0.1, 0.15) is 18.5 Å². The van der Waals surface area contributed by atoms with Gasteiger partial charge in [-0.15, -0.1) is 0 Å². The maximum absolute atomic E-state index is 13.3. The zero-order chi connectivity index (χ0) is 21.7. The zero-order valence-electron chi connectivity index (χ0n) is 16.1. The van der Waals surface area contributed by atoms with Crippen LogP contribution in [0.25, 0.3) is 0 Å². The van der Waals surface area contributed by atoms with Crippen LogP contribution in [0.5, 0.6) is 0 Å². The molecule has 0 aliphatic rings. The molecule has 0 saturated carbocycles. The number of carbonyl (C=O) groups is 1. The van der Waals surface area contributed by atoms with E-state index in [1.54, 1.807) is 18.2 Å². The van der Waals surface area contributed by atoms with Crippen LogP contribution < -0.4 is 9.62 Å². The molecule has 0 fully saturated rings. The number of halogens is 2. The fourth-order valence-electron chi connectivity index (χ4n) is 2.95. The third kappa shape index (κ3) is 5.14. The van der Waals surface area contributed by atoms with Crippen molar-refractivity contribution >= 4 is 44.8 Å². The first-order valence-electron chi connectivity index (χ1n) is 9.16. The second-order valence-electron chi connectivity index (χ2n) is 6.62. The lowest BCUT2D eigenvalue weighted by atomic mass is 10.1. The topological polar surface area (TPSA) is 66.5 Å². The van der Waals surface area contributed by atoms with E-state index < -0.39 is 22.5 Å². The van der Waals surface area contributed by atoms with Crippen LogP contribution in [0.2, 0.25) is 10.0 Å². The number of amides is 1. The molecule has 0 aliphatic carbocycles. The van der Waals surface area contributed by atoms with Gasteiger partial charge in [-0.1, -0.05) is 71.7 Å². The second-order valence-corrected chi connectivity index (χ2v) is 9.33. The molecular weight excluding hydrogens is 443 g/mol. The van der Waals surface area contributed by atoms with E-state index in [0.29, 0.717) is 5.02 Å². The molecule has 3 aromatic rings. The average Bonchev–Trinajstić information content (AvgIpc) is 2.73. The summed E-state index contributed by atoms with van der Waals surface area (Å²) >= 11 is 12.2. The molecule has 3 aromatic carbocycles. The number of anilines is 1.